The third-order valence-corrected chi connectivity index (χ3v) is 4.41. The van der Waals surface area contributed by atoms with Crippen molar-refractivity contribution in [3.63, 3.8) is 0 Å². The molecular weight excluding hydrogens is 317 g/mol. The van der Waals surface area contributed by atoms with Gasteiger partial charge in [0.05, 0.1) is 0 Å². The van der Waals surface area contributed by atoms with Crippen molar-refractivity contribution in [3.05, 3.63) is 60.3 Å². The van der Waals surface area contributed by atoms with Gasteiger partial charge in [-0.1, -0.05) is 13.8 Å². The van der Waals surface area contributed by atoms with E-state index in [1.54, 1.807) is 6.07 Å². The SMILES string of the molecule is CC(C)CC(C(=O)NCCc1c[nH]c2ccc(F)cc12)n1cccc1. The number of hydrogen-bond donors (Lipinski definition) is 2. The van der Waals surface area contributed by atoms with E-state index in [-0.39, 0.29) is 17.8 Å². The summed E-state index contributed by atoms with van der Waals surface area (Å²) >= 11 is 0. The van der Waals surface area contributed by atoms with Crippen molar-refractivity contribution in [2.75, 3.05) is 6.54 Å². The van der Waals surface area contributed by atoms with E-state index in [2.05, 4.69) is 24.1 Å². The predicted molar refractivity (Wildman–Crippen MR) is 97.9 cm³/mol. The molecule has 25 heavy (non-hydrogen) atoms. The van der Waals surface area contributed by atoms with E-state index in [0.29, 0.717) is 18.9 Å². The van der Waals surface area contributed by atoms with Crippen molar-refractivity contribution < 1.29 is 9.18 Å². The average molecular weight is 341 g/mol. The summed E-state index contributed by atoms with van der Waals surface area (Å²) in [4.78, 5) is 15.8. The molecule has 0 saturated carbocycles. The van der Waals surface area contributed by atoms with Crippen LogP contribution in [-0.2, 0) is 11.2 Å². The lowest BCUT2D eigenvalue weighted by Gasteiger charge is -2.20. The quantitative estimate of drug-likeness (QED) is 0.669. The van der Waals surface area contributed by atoms with Gasteiger partial charge >= 0.3 is 0 Å². The van der Waals surface area contributed by atoms with Gasteiger partial charge < -0.3 is 14.9 Å². The molecule has 0 bridgehead atoms. The zero-order valence-corrected chi connectivity index (χ0v) is 14.6. The van der Waals surface area contributed by atoms with Crippen molar-refractivity contribution in [3.8, 4) is 0 Å². The maximum atomic E-state index is 13.4. The number of nitrogens with one attached hydrogen (secondary N) is 2. The van der Waals surface area contributed by atoms with Crippen molar-refractivity contribution in [1.82, 2.24) is 14.9 Å². The molecule has 2 heterocycles. The number of aromatic amines is 1. The summed E-state index contributed by atoms with van der Waals surface area (Å²) < 4.78 is 15.4. The second kappa shape index (κ2) is 7.55. The molecular formula is C20H24FN3O. The van der Waals surface area contributed by atoms with E-state index in [0.717, 1.165) is 22.9 Å². The maximum absolute atomic E-state index is 13.4. The van der Waals surface area contributed by atoms with E-state index in [1.807, 2.05) is 35.3 Å². The van der Waals surface area contributed by atoms with Crippen LogP contribution >= 0.6 is 0 Å². The Labute approximate surface area is 147 Å². The lowest BCUT2D eigenvalue weighted by Crippen LogP contribution is -2.34. The number of halogens is 1. The van der Waals surface area contributed by atoms with Gasteiger partial charge in [-0.05, 0) is 54.7 Å². The van der Waals surface area contributed by atoms with Gasteiger partial charge in [-0.25, -0.2) is 4.39 Å². The van der Waals surface area contributed by atoms with Gasteiger partial charge in [0.25, 0.3) is 0 Å². The van der Waals surface area contributed by atoms with Crippen LogP contribution in [0.2, 0.25) is 0 Å². The van der Waals surface area contributed by atoms with Gasteiger partial charge in [-0.2, -0.15) is 0 Å². The van der Waals surface area contributed by atoms with Crippen LogP contribution in [0.1, 0.15) is 31.9 Å². The first-order valence-electron chi connectivity index (χ1n) is 8.70. The number of rotatable bonds is 7. The Hall–Kier alpha value is -2.56. The molecule has 1 unspecified atom stereocenters. The van der Waals surface area contributed by atoms with Crippen LogP contribution in [0.3, 0.4) is 0 Å². The Balaban J connectivity index is 1.63. The van der Waals surface area contributed by atoms with Crippen LogP contribution in [0.25, 0.3) is 10.9 Å². The molecule has 4 nitrogen and oxygen atoms in total. The molecule has 2 N–H and O–H groups in total. The second-order valence-corrected chi connectivity index (χ2v) is 6.82. The van der Waals surface area contributed by atoms with E-state index in [1.165, 1.54) is 12.1 Å². The van der Waals surface area contributed by atoms with Crippen LogP contribution in [0.15, 0.2) is 48.9 Å². The number of carbonyl (C=O) groups excluding carboxylic acids is 1. The van der Waals surface area contributed by atoms with Crippen molar-refractivity contribution in [2.24, 2.45) is 5.92 Å². The minimum Gasteiger partial charge on any atom is -0.361 e. The molecule has 1 amide bonds. The van der Waals surface area contributed by atoms with E-state index in [4.69, 9.17) is 0 Å². The Morgan fingerprint density at radius 1 is 1.28 bits per heavy atom. The number of aromatic nitrogens is 2. The lowest BCUT2D eigenvalue weighted by atomic mass is 10.0. The third kappa shape index (κ3) is 4.10. The molecule has 1 aromatic carbocycles. The fourth-order valence-electron chi connectivity index (χ4n) is 3.16. The first-order chi connectivity index (χ1) is 12.0. The van der Waals surface area contributed by atoms with Gasteiger partial charge in [-0.3, -0.25) is 4.79 Å². The molecule has 0 fully saturated rings. The van der Waals surface area contributed by atoms with Gasteiger partial charge in [0, 0.05) is 36.0 Å². The zero-order chi connectivity index (χ0) is 17.8. The molecule has 0 saturated heterocycles. The van der Waals surface area contributed by atoms with Crippen LogP contribution < -0.4 is 5.32 Å². The summed E-state index contributed by atoms with van der Waals surface area (Å²) in [7, 11) is 0. The first kappa shape index (κ1) is 17.3. The molecule has 132 valence electrons. The topological polar surface area (TPSA) is 49.8 Å². The van der Waals surface area contributed by atoms with Gasteiger partial charge in [0.1, 0.15) is 11.9 Å². The number of benzene rings is 1. The summed E-state index contributed by atoms with van der Waals surface area (Å²) in [6, 6.07) is 8.37. The lowest BCUT2D eigenvalue weighted by molar-refractivity contribution is -0.124. The number of carbonyl (C=O) groups is 1. The van der Waals surface area contributed by atoms with Crippen LogP contribution in [0.5, 0.6) is 0 Å². The monoisotopic (exact) mass is 341 g/mol. The Kier molecular flexibility index (Phi) is 5.22. The molecule has 0 spiro atoms. The first-order valence-corrected chi connectivity index (χ1v) is 8.70. The zero-order valence-electron chi connectivity index (χ0n) is 14.6. The highest BCUT2D eigenvalue weighted by Gasteiger charge is 2.20. The molecule has 0 aliphatic rings. The number of fused-ring (bicyclic) bond motifs is 1. The summed E-state index contributed by atoms with van der Waals surface area (Å²) in [6.45, 7) is 4.76. The number of nitrogens with zero attached hydrogens (tertiary/aromatic N) is 1. The molecule has 0 aliphatic carbocycles. The van der Waals surface area contributed by atoms with Crippen molar-refractivity contribution in [1.29, 1.82) is 0 Å². The number of amides is 1. The highest BCUT2D eigenvalue weighted by molar-refractivity contribution is 5.83. The number of hydrogen-bond acceptors (Lipinski definition) is 1. The summed E-state index contributed by atoms with van der Waals surface area (Å²) in [5, 5.41) is 3.90. The Morgan fingerprint density at radius 2 is 2.04 bits per heavy atom. The van der Waals surface area contributed by atoms with Crippen molar-refractivity contribution >= 4 is 16.8 Å². The molecule has 0 radical (unpaired) electrons. The molecule has 1 atom stereocenters. The largest absolute Gasteiger partial charge is 0.361 e. The minimum absolute atomic E-state index is 0.0240. The molecule has 5 heteroatoms. The molecule has 2 aromatic heterocycles. The highest BCUT2D eigenvalue weighted by atomic mass is 19.1. The predicted octanol–water partition coefficient (Wildman–Crippen LogP) is 4.05. The van der Waals surface area contributed by atoms with Crippen LogP contribution in [-0.4, -0.2) is 22.0 Å². The minimum atomic E-state index is -0.248. The Bertz CT molecular complexity index is 836. The van der Waals surface area contributed by atoms with E-state index in [9.17, 15) is 9.18 Å². The second-order valence-electron chi connectivity index (χ2n) is 6.82. The number of H-pyrrole nitrogens is 1. The maximum Gasteiger partial charge on any atom is 0.243 e. The molecule has 0 aliphatic heterocycles. The smallest absolute Gasteiger partial charge is 0.243 e. The fraction of sp³-hybridized carbons (Fsp3) is 0.350. The van der Waals surface area contributed by atoms with Gasteiger partial charge in [0.15, 0.2) is 0 Å². The summed E-state index contributed by atoms with van der Waals surface area (Å²) in [5.41, 5.74) is 1.92. The normalized spacial score (nSPS) is 12.6. The highest BCUT2D eigenvalue weighted by Crippen LogP contribution is 2.20. The fourth-order valence-corrected chi connectivity index (χ4v) is 3.16. The van der Waals surface area contributed by atoms with E-state index >= 15 is 0 Å². The standard InChI is InChI=1S/C20H24FN3O/c1-14(2)11-19(24-9-3-4-10-24)20(25)22-8-7-15-13-23-18-6-5-16(21)12-17(15)18/h3-6,9-10,12-14,19,23H,7-8,11H2,1-2H3,(H,22,25). The van der Waals surface area contributed by atoms with Crippen LogP contribution in [0.4, 0.5) is 4.39 Å². The third-order valence-electron chi connectivity index (χ3n) is 4.41. The average Bonchev–Trinajstić information content (AvgIpc) is 3.22. The Morgan fingerprint density at radius 3 is 2.76 bits per heavy atom. The molecule has 3 aromatic rings. The van der Waals surface area contributed by atoms with E-state index < -0.39 is 0 Å². The van der Waals surface area contributed by atoms with Crippen molar-refractivity contribution in [2.45, 2.75) is 32.7 Å². The summed E-state index contributed by atoms with van der Waals surface area (Å²) in [6.07, 6.45) is 7.19. The van der Waals surface area contributed by atoms with Gasteiger partial charge in [0.2, 0.25) is 5.91 Å². The molecule has 3 rings (SSSR count). The van der Waals surface area contributed by atoms with Gasteiger partial charge in [-0.15, -0.1) is 0 Å². The van der Waals surface area contributed by atoms with Crippen LogP contribution in [0, 0.1) is 11.7 Å². The summed E-state index contributed by atoms with van der Waals surface area (Å²) in [5.74, 6) is 0.202.